The second kappa shape index (κ2) is 4.53. The number of nitrogens with one attached hydrogen (secondary N) is 2. The molecule has 0 saturated carbocycles. The SMILES string of the molecule is c1ccc2c(C[C@H]3CNCCN3)csc2c1. The van der Waals surface area contributed by atoms with E-state index in [1.54, 1.807) is 0 Å². The largest absolute Gasteiger partial charge is 0.314 e. The summed E-state index contributed by atoms with van der Waals surface area (Å²) in [4.78, 5) is 0. The third-order valence-electron chi connectivity index (χ3n) is 3.15. The molecule has 0 amide bonds. The Bertz CT molecular complexity index is 471. The van der Waals surface area contributed by atoms with Gasteiger partial charge in [0.25, 0.3) is 0 Å². The Hall–Kier alpha value is -0.900. The molecule has 2 aromatic rings. The molecule has 1 aromatic carbocycles. The lowest BCUT2D eigenvalue weighted by Crippen LogP contribution is -2.49. The summed E-state index contributed by atoms with van der Waals surface area (Å²) in [5.41, 5.74) is 1.49. The van der Waals surface area contributed by atoms with Gasteiger partial charge in [-0.05, 0) is 28.8 Å². The maximum Gasteiger partial charge on any atom is 0.0345 e. The van der Waals surface area contributed by atoms with E-state index in [4.69, 9.17) is 0 Å². The molecule has 2 nitrogen and oxygen atoms in total. The standard InChI is InChI=1S/C13H16N2S/c1-2-4-13-12(3-1)10(9-16-13)7-11-8-14-5-6-15-11/h1-4,9,11,14-15H,5-8H2/t11-/m0/s1. The van der Waals surface area contributed by atoms with Gasteiger partial charge in [-0.1, -0.05) is 18.2 Å². The van der Waals surface area contributed by atoms with Gasteiger partial charge in [0.2, 0.25) is 0 Å². The van der Waals surface area contributed by atoms with Crippen LogP contribution in [0.1, 0.15) is 5.56 Å². The normalized spacial score (nSPS) is 21.4. The van der Waals surface area contributed by atoms with Crippen LogP contribution in [0.5, 0.6) is 0 Å². The number of piperazine rings is 1. The van der Waals surface area contributed by atoms with Crippen LogP contribution in [0, 0.1) is 0 Å². The minimum atomic E-state index is 0.590. The van der Waals surface area contributed by atoms with E-state index < -0.39 is 0 Å². The third-order valence-corrected chi connectivity index (χ3v) is 4.17. The number of rotatable bonds is 2. The van der Waals surface area contributed by atoms with Crippen LogP contribution in [-0.2, 0) is 6.42 Å². The van der Waals surface area contributed by atoms with E-state index >= 15 is 0 Å². The topological polar surface area (TPSA) is 24.1 Å². The van der Waals surface area contributed by atoms with E-state index in [-0.39, 0.29) is 0 Å². The Morgan fingerprint density at radius 3 is 3.06 bits per heavy atom. The summed E-state index contributed by atoms with van der Waals surface area (Å²) in [6.45, 7) is 3.28. The minimum Gasteiger partial charge on any atom is -0.314 e. The Morgan fingerprint density at radius 1 is 1.25 bits per heavy atom. The lowest BCUT2D eigenvalue weighted by atomic mass is 10.0. The molecular weight excluding hydrogens is 216 g/mol. The average molecular weight is 232 g/mol. The molecule has 0 spiro atoms. The third kappa shape index (κ3) is 1.98. The van der Waals surface area contributed by atoms with Gasteiger partial charge >= 0.3 is 0 Å². The molecule has 1 aromatic heterocycles. The second-order valence-corrected chi connectivity index (χ2v) is 5.23. The smallest absolute Gasteiger partial charge is 0.0345 e. The molecule has 2 heterocycles. The Kier molecular flexibility index (Phi) is 2.91. The van der Waals surface area contributed by atoms with Crippen LogP contribution in [0.3, 0.4) is 0 Å². The Balaban J connectivity index is 1.83. The lowest BCUT2D eigenvalue weighted by molar-refractivity contribution is 0.417. The van der Waals surface area contributed by atoms with Gasteiger partial charge in [0.05, 0.1) is 0 Å². The van der Waals surface area contributed by atoms with Crippen LogP contribution < -0.4 is 10.6 Å². The monoisotopic (exact) mass is 232 g/mol. The van der Waals surface area contributed by atoms with Gasteiger partial charge in [0.1, 0.15) is 0 Å². The number of thiophene rings is 1. The second-order valence-electron chi connectivity index (χ2n) is 4.32. The van der Waals surface area contributed by atoms with Gasteiger partial charge in [0.15, 0.2) is 0 Å². The first kappa shape index (κ1) is 10.3. The quantitative estimate of drug-likeness (QED) is 0.827. The van der Waals surface area contributed by atoms with Gasteiger partial charge in [-0.25, -0.2) is 0 Å². The summed E-state index contributed by atoms with van der Waals surface area (Å²) in [6.07, 6.45) is 1.14. The molecule has 0 aliphatic carbocycles. The van der Waals surface area contributed by atoms with Crippen molar-refractivity contribution in [3.05, 3.63) is 35.2 Å². The summed E-state index contributed by atoms with van der Waals surface area (Å²) < 4.78 is 1.40. The van der Waals surface area contributed by atoms with Gasteiger partial charge in [-0.3, -0.25) is 0 Å². The summed E-state index contributed by atoms with van der Waals surface area (Å²) in [7, 11) is 0. The van der Waals surface area contributed by atoms with Crippen molar-refractivity contribution in [2.24, 2.45) is 0 Å². The van der Waals surface area contributed by atoms with Crippen molar-refractivity contribution in [1.82, 2.24) is 10.6 Å². The van der Waals surface area contributed by atoms with Crippen molar-refractivity contribution >= 4 is 21.4 Å². The molecule has 84 valence electrons. The molecule has 0 unspecified atom stereocenters. The molecule has 1 saturated heterocycles. The van der Waals surface area contributed by atoms with E-state index in [2.05, 4.69) is 40.3 Å². The van der Waals surface area contributed by atoms with Crippen LogP contribution in [-0.4, -0.2) is 25.7 Å². The zero-order valence-electron chi connectivity index (χ0n) is 9.20. The summed E-state index contributed by atoms with van der Waals surface area (Å²) in [5, 5.41) is 10.7. The average Bonchev–Trinajstić information content (AvgIpc) is 2.74. The molecule has 0 radical (unpaired) electrons. The first-order valence-electron chi connectivity index (χ1n) is 5.83. The highest BCUT2D eigenvalue weighted by Crippen LogP contribution is 2.26. The van der Waals surface area contributed by atoms with Crippen LogP contribution >= 0.6 is 11.3 Å². The lowest BCUT2D eigenvalue weighted by Gasteiger charge is -2.24. The molecule has 2 N–H and O–H groups in total. The Labute approximate surface area is 99.7 Å². The summed E-state index contributed by atoms with van der Waals surface area (Å²) >= 11 is 1.85. The van der Waals surface area contributed by atoms with Crippen molar-refractivity contribution in [2.45, 2.75) is 12.5 Å². The first-order valence-corrected chi connectivity index (χ1v) is 6.70. The van der Waals surface area contributed by atoms with E-state index in [9.17, 15) is 0 Å². The van der Waals surface area contributed by atoms with Gasteiger partial charge in [0, 0.05) is 30.4 Å². The summed E-state index contributed by atoms with van der Waals surface area (Å²) in [6, 6.07) is 9.27. The molecule has 3 heteroatoms. The molecule has 1 aliphatic rings. The first-order chi connectivity index (χ1) is 7.93. The number of hydrogen-bond donors (Lipinski definition) is 2. The highest BCUT2D eigenvalue weighted by atomic mass is 32.1. The molecule has 16 heavy (non-hydrogen) atoms. The van der Waals surface area contributed by atoms with Crippen LogP contribution in [0.2, 0.25) is 0 Å². The predicted octanol–water partition coefficient (Wildman–Crippen LogP) is 2.01. The van der Waals surface area contributed by atoms with Crippen molar-refractivity contribution in [2.75, 3.05) is 19.6 Å². The van der Waals surface area contributed by atoms with Gasteiger partial charge < -0.3 is 10.6 Å². The number of fused-ring (bicyclic) bond motifs is 1. The highest BCUT2D eigenvalue weighted by molar-refractivity contribution is 7.17. The molecule has 0 bridgehead atoms. The molecule has 3 rings (SSSR count). The van der Waals surface area contributed by atoms with Crippen molar-refractivity contribution in [3.63, 3.8) is 0 Å². The van der Waals surface area contributed by atoms with E-state index in [0.29, 0.717) is 6.04 Å². The van der Waals surface area contributed by atoms with Crippen molar-refractivity contribution in [3.8, 4) is 0 Å². The van der Waals surface area contributed by atoms with E-state index in [0.717, 1.165) is 26.1 Å². The van der Waals surface area contributed by atoms with Crippen molar-refractivity contribution < 1.29 is 0 Å². The highest BCUT2D eigenvalue weighted by Gasteiger charge is 2.14. The zero-order valence-corrected chi connectivity index (χ0v) is 10.0. The van der Waals surface area contributed by atoms with Gasteiger partial charge in [-0.15, -0.1) is 11.3 Å². The van der Waals surface area contributed by atoms with Gasteiger partial charge in [-0.2, -0.15) is 0 Å². The molecule has 1 aliphatic heterocycles. The van der Waals surface area contributed by atoms with Crippen LogP contribution in [0.4, 0.5) is 0 Å². The van der Waals surface area contributed by atoms with E-state index in [1.165, 1.54) is 15.6 Å². The van der Waals surface area contributed by atoms with Crippen LogP contribution in [0.25, 0.3) is 10.1 Å². The summed E-state index contributed by atoms with van der Waals surface area (Å²) in [5.74, 6) is 0. The van der Waals surface area contributed by atoms with Crippen molar-refractivity contribution in [1.29, 1.82) is 0 Å². The molecule has 1 fully saturated rings. The fourth-order valence-electron chi connectivity index (χ4n) is 2.31. The number of benzene rings is 1. The minimum absolute atomic E-state index is 0.590. The van der Waals surface area contributed by atoms with E-state index in [1.807, 2.05) is 11.3 Å². The fraction of sp³-hybridized carbons (Fsp3) is 0.385. The zero-order chi connectivity index (χ0) is 10.8. The molecular formula is C13H16N2S. The maximum atomic E-state index is 3.56. The van der Waals surface area contributed by atoms with Crippen LogP contribution in [0.15, 0.2) is 29.6 Å². The maximum absolute atomic E-state index is 3.56. The number of hydrogen-bond acceptors (Lipinski definition) is 3. The Morgan fingerprint density at radius 2 is 2.19 bits per heavy atom. The molecule has 1 atom stereocenters. The predicted molar refractivity (Wildman–Crippen MR) is 70.2 cm³/mol. The fourth-order valence-corrected chi connectivity index (χ4v) is 3.29.